The van der Waals surface area contributed by atoms with Crippen LogP contribution in [0, 0.1) is 6.92 Å². The normalized spacial score (nSPS) is 10.2. The van der Waals surface area contributed by atoms with Crippen molar-refractivity contribution >= 4 is 17.3 Å². The molecular formula is C14H14ClNO. The van der Waals surface area contributed by atoms with Crippen molar-refractivity contribution < 1.29 is 4.74 Å². The number of benzene rings is 2. The first-order chi connectivity index (χ1) is 8.19. The topological polar surface area (TPSA) is 35.2 Å². The van der Waals surface area contributed by atoms with Crippen LogP contribution in [0.15, 0.2) is 42.5 Å². The molecule has 0 heterocycles. The molecule has 0 radical (unpaired) electrons. The lowest BCUT2D eigenvalue weighted by Crippen LogP contribution is -1.93. The smallest absolute Gasteiger partial charge is 0.150 e. The van der Waals surface area contributed by atoms with Crippen molar-refractivity contribution in [3.8, 4) is 11.5 Å². The number of nitrogens with two attached hydrogens (primary N) is 1. The highest BCUT2D eigenvalue weighted by atomic mass is 35.5. The highest BCUT2D eigenvalue weighted by Gasteiger charge is 2.03. The summed E-state index contributed by atoms with van der Waals surface area (Å²) in [5.74, 6) is 1.87. The molecule has 2 nitrogen and oxygen atoms in total. The summed E-state index contributed by atoms with van der Waals surface area (Å²) < 4.78 is 5.72. The second-order valence-electron chi connectivity index (χ2n) is 3.92. The van der Waals surface area contributed by atoms with Crippen LogP contribution in [-0.4, -0.2) is 0 Å². The number of hydrogen-bond acceptors (Lipinski definition) is 2. The number of ether oxygens (including phenoxy) is 1. The lowest BCUT2D eigenvalue weighted by molar-refractivity contribution is 0.484. The summed E-state index contributed by atoms with van der Waals surface area (Å²) in [5.41, 5.74) is 8.65. The zero-order chi connectivity index (χ0) is 12.3. The van der Waals surface area contributed by atoms with Gasteiger partial charge in [-0.1, -0.05) is 23.8 Å². The Balaban J connectivity index is 2.25. The molecule has 0 atom stereocenters. The van der Waals surface area contributed by atoms with E-state index in [-0.39, 0.29) is 0 Å². The van der Waals surface area contributed by atoms with Crippen LogP contribution in [0.5, 0.6) is 11.5 Å². The first-order valence-electron chi connectivity index (χ1n) is 5.38. The van der Waals surface area contributed by atoms with Gasteiger partial charge < -0.3 is 10.5 Å². The molecule has 0 aromatic heterocycles. The molecule has 0 unspecified atom stereocenters. The van der Waals surface area contributed by atoms with Gasteiger partial charge in [0.15, 0.2) is 5.75 Å². The monoisotopic (exact) mass is 247 g/mol. The Labute approximate surface area is 106 Å². The van der Waals surface area contributed by atoms with Gasteiger partial charge in [0.05, 0.1) is 5.69 Å². The van der Waals surface area contributed by atoms with Gasteiger partial charge in [-0.2, -0.15) is 0 Å². The van der Waals surface area contributed by atoms with E-state index in [9.17, 15) is 0 Å². The average molecular weight is 248 g/mol. The molecule has 0 spiro atoms. The molecule has 88 valence electrons. The molecule has 0 aliphatic rings. The zero-order valence-corrected chi connectivity index (χ0v) is 10.4. The fourth-order valence-corrected chi connectivity index (χ4v) is 1.65. The third-order valence-corrected chi connectivity index (χ3v) is 2.79. The molecule has 0 saturated carbocycles. The minimum absolute atomic E-state index is 0.449. The predicted molar refractivity (Wildman–Crippen MR) is 71.7 cm³/mol. The van der Waals surface area contributed by atoms with Crippen LogP contribution in [-0.2, 0) is 5.88 Å². The van der Waals surface area contributed by atoms with Crippen molar-refractivity contribution in [2.24, 2.45) is 0 Å². The Morgan fingerprint density at radius 2 is 1.82 bits per heavy atom. The van der Waals surface area contributed by atoms with Crippen LogP contribution in [0.3, 0.4) is 0 Å². The van der Waals surface area contributed by atoms with Gasteiger partial charge in [-0.15, -0.1) is 11.6 Å². The summed E-state index contributed by atoms with van der Waals surface area (Å²) >= 11 is 5.78. The van der Waals surface area contributed by atoms with Crippen molar-refractivity contribution in [3.05, 3.63) is 53.6 Å². The Morgan fingerprint density at radius 1 is 1.12 bits per heavy atom. The Kier molecular flexibility index (Phi) is 3.55. The molecular weight excluding hydrogens is 234 g/mol. The maximum absolute atomic E-state index is 5.85. The van der Waals surface area contributed by atoms with Gasteiger partial charge in [0, 0.05) is 5.88 Å². The molecule has 17 heavy (non-hydrogen) atoms. The van der Waals surface area contributed by atoms with E-state index < -0.39 is 0 Å². The van der Waals surface area contributed by atoms with E-state index in [4.69, 9.17) is 22.1 Å². The molecule has 2 aromatic carbocycles. The van der Waals surface area contributed by atoms with Gasteiger partial charge in [0.1, 0.15) is 5.75 Å². The molecule has 0 aliphatic heterocycles. The SMILES string of the molecule is Cc1ccc(Oc2cc(CCl)ccc2N)cc1. The number of nitrogen functional groups attached to an aromatic ring is 1. The first kappa shape index (κ1) is 11.8. The standard InChI is InChI=1S/C14H14ClNO/c1-10-2-5-12(6-3-10)17-14-8-11(9-15)4-7-13(14)16/h2-8H,9,16H2,1H3. The Hall–Kier alpha value is -1.67. The van der Waals surface area contributed by atoms with E-state index in [1.165, 1.54) is 5.56 Å². The zero-order valence-electron chi connectivity index (χ0n) is 9.61. The number of alkyl halides is 1. The van der Waals surface area contributed by atoms with Crippen LogP contribution in [0.25, 0.3) is 0 Å². The van der Waals surface area contributed by atoms with Crippen molar-refractivity contribution in [3.63, 3.8) is 0 Å². The van der Waals surface area contributed by atoms with Gasteiger partial charge in [-0.05, 0) is 36.8 Å². The van der Waals surface area contributed by atoms with Gasteiger partial charge in [-0.25, -0.2) is 0 Å². The van der Waals surface area contributed by atoms with E-state index >= 15 is 0 Å². The Morgan fingerprint density at radius 3 is 2.47 bits per heavy atom. The fraction of sp³-hybridized carbons (Fsp3) is 0.143. The summed E-state index contributed by atoms with van der Waals surface area (Å²) in [6.45, 7) is 2.03. The fourth-order valence-electron chi connectivity index (χ4n) is 1.48. The average Bonchev–Trinajstić information content (AvgIpc) is 2.35. The summed E-state index contributed by atoms with van der Waals surface area (Å²) in [5, 5.41) is 0. The van der Waals surface area contributed by atoms with Gasteiger partial charge in [0.25, 0.3) is 0 Å². The van der Waals surface area contributed by atoms with Crippen molar-refractivity contribution in [2.45, 2.75) is 12.8 Å². The number of anilines is 1. The number of hydrogen-bond donors (Lipinski definition) is 1. The second-order valence-corrected chi connectivity index (χ2v) is 4.19. The molecule has 0 saturated heterocycles. The minimum Gasteiger partial charge on any atom is -0.455 e. The highest BCUT2D eigenvalue weighted by molar-refractivity contribution is 6.17. The number of halogens is 1. The Bertz CT molecular complexity index is 508. The van der Waals surface area contributed by atoms with Gasteiger partial charge in [-0.3, -0.25) is 0 Å². The molecule has 0 bridgehead atoms. The maximum atomic E-state index is 5.85. The van der Waals surface area contributed by atoms with E-state index in [0.29, 0.717) is 17.3 Å². The van der Waals surface area contributed by atoms with Crippen LogP contribution in [0.2, 0.25) is 0 Å². The van der Waals surface area contributed by atoms with Crippen molar-refractivity contribution in [1.82, 2.24) is 0 Å². The van der Waals surface area contributed by atoms with E-state index in [1.54, 1.807) is 6.07 Å². The molecule has 2 N–H and O–H groups in total. The maximum Gasteiger partial charge on any atom is 0.150 e. The molecule has 2 aromatic rings. The molecule has 2 rings (SSSR count). The molecule has 0 amide bonds. The molecule has 0 aliphatic carbocycles. The van der Waals surface area contributed by atoms with Gasteiger partial charge in [0.2, 0.25) is 0 Å². The van der Waals surface area contributed by atoms with Crippen LogP contribution >= 0.6 is 11.6 Å². The third-order valence-electron chi connectivity index (χ3n) is 2.48. The van der Waals surface area contributed by atoms with Crippen LogP contribution in [0.4, 0.5) is 5.69 Å². The number of rotatable bonds is 3. The second kappa shape index (κ2) is 5.11. The van der Waals surface area contributed by atoms with E-state index in [1.807, 2.05) is 43.3 Å². The van der Waals surface area contributed by atoms with Crippen molar-refractivity contribution in [1.29, 1.82) is 0 Å². The lowest BCUT2D eigenvalue weighted by Gasteiger charge is -2.09. The van der Waals surface area contributed by atoms with E-state index in [0.717, 1.165) is 11.3 Å². The summed E-state index contributed by atoms with van der Waals surface area (Å²) in [7, 11) is 0. The summed E-state index contributed by atoms with van der Waals surface area (Å²) in [6, 6.07) is 13.4. The van der Waals surface area contributed by atoms with E-state index in [2.05, 4.69) is 0 Å². The summed E-state index contributed by atoms with van der Waals surface area (Å²) in [6.07, 6.45) is 0. The number of aryl methyl sites for hydroxylation is 1. The minimum atomic E-state index is 0.449. The molecule has 3 heteroatoms. The highest BCUT2D eigenvalue weighted by Crippen LogP contribution is 2.29. The lowest BCUT2D eigenvalue weighted by atomic mass is 10.2. The largest absolute Gasteiger partial charge is 0.455 e. The molecule has 0 fully saturated rings. The van der Waals surface area contributed by atoms with Gasteiger partial charge >= 0.3 is 0 Å². The van der Waals surface area contributed by atoms with Crippen LogP contribution < -0.4 is 10.5 Å². The third kappa shape index (κ3) is 2.92. The van der Waals surface area contributed by atoms with Crippen molar-refractivity contribution in [2.75, 3.05) is 5.73 Å². The quantitative estimate of drug-likeness (QED) is 0.654. The summed E-state index contributed by atoms with van der Waals surface area (Å²) in [4.78, 5) is 0. The first-order valence-corrected chi connectivity index (χ1v) is 5.91. The predicted octanol–water partition coefficient (Wildman–Crippen LogP) is 4.11. The van der Waals surface area contributed by atoms with Crippen LogP contribution in [0.1, 0.15) is 11.1 Å².